The molecule has 0 spiro atoms. The van der Waals surface area contributed by atoms with Crippen molar-refractivity contribution in [3.05, 3.63) is 29.0 Å². The van der Waals surface area contributed by atoms with Crippen LogP contribution >= 0.6 is 11.6 Å². The van der Waals surface area contributed by atoms with Crippen molar-refractivity contribution >= 4 is 17.6 Å². The van der Waals surface area contributed by atoms with Crippen LogP contribution < -0.4 is 10.6 Å². The second kappa shape index (κ2) is 9.84. The first-order chi connectivity index (χ1) is 11.6. The normalized spacial score (nSPS) is 15.2. The van der Waals surface area contributed by atoms with Crippen molar-refractivity contribution in [2.24, 2.45) is 4.99 Å². The molecule has 1 aromatic heterocycles. The summed E-state index contributed by atoms with van der Waals surface area (Å²) in [5.74, 6) is 0.888. The van der Waals surface area contributed by atoms with Crippen molar-refractivity contribution in [2.45, 2.75) is 52.1 Å². The third kappa shape index (κ3) is 6.65. The highest BCUT2D eigenvalue weighted by Gasteiger charge is 2.29. The predicted molar refractivity (Wildman–Crippen MR) is 102 cm³/mol. The minimum atomic E-state index is 0.534. The van der Waals surface area contributed by atoms with Crippen LogP contribution in [-0.4, -0.2) is 54.1 Å². The van der Waals surface area contributed by atoms with Crippen molar-refractivity contribution in [3.63, 3.8) is 0 Å². The molecular weight excluding hydrogens is 322 g/mol. The Kier molecular flexibility index (Phi) is 7.79. The molecule has 1 aliphatic rings. The van der Waals surface area contributed by atoms with Gasteiger partial charge in [-0.15, -0.1) is 0 Å². The number of halogens is 1. The topological polar surface area (TPSA) is 52.6 Å². The Hall–Kier alpha value is -1.33. The number of nitrogens with one attached hydrogen (secondary N) is 2. The molecule has 1 saturated carbocycles. The van der Waals surface area contributed by atoms with Gasteiger partial charge in [0.25, 0.3) is 0 Å². The summed E-state index contributed by atoms with van der Waals surface area (Å²) in [6.07, 6.45) is 5.41. The fraction of sp³-hybridized carbons (Fsp3) is 0.667. The van der Waals surface area contributed by atoms with Gasteiger partial charge >= 0.3 is 0 Å². The minimum absolute atomic E-state index is 0.534. The maximum Gasteiger partial charge on any atom is 0.191 e. The second-order valence-corrected chi connectivity index (χ2v) is 6.88. The summed E-state index contributed by atoms with van der Waals surface area (Å²) in [6, 6.07) is 5.22. The number of guanidine groups is 1. The molecule has 0 aliphatic heterocycles. The van der Waals surface area contributed by atoms with Gasteiger partial charge in [-0.25, -0.2) is 4.98 Å². The van der Waals surface area contributed by atoms with Crippen LogP contribution in [0.25, 0.3) is 0 Å². The van der Waals surface area contributed by atoms with Crippen LogP contribution in [0, 0.1) is 0 Å². The molecule has 1 heterocycles. The predicted octanol–water partition coefficient (Wildman–Crippen LogP) is 2.71. The largest absolute Gasteiger partial charge is 0.357 e. The number of aromatic nitrogens is 1. The van der Waals surface area contributed by atoms with Crippen LogP contribution in [0.5, 0.6) is 0 Å². The Morgan fingerprint density at radius 2 is 2.17 bits per heavy atom. The van der Waals surface area contributed by atoms with Crippen LogP contribution in [0.2, 0.25) is 5.15 Å². The monoisotopic (exact) mass is 351 g/mol. The number of nitrogens with zero attached hydrogens (tertiary/aromatic N) is 3. The van der Waals surface area contributed by atoms with Gasteiger partial charge in [-0.2, -0.15) is 0 Å². The summed E-state index contributed by atoms with van der Waals surface area (Å²) in [5, 5.41) is 7.23. The van der Waals surface area contributed by atoms with E-state index >= 15 is 0 Å². The Bertz CT molecular complexity index is 509. The van der Waals surface area contributed by atoms with E-state index in [2.05, 4.69) is 41.3 Å². The summed E-state index contributed by atoms with van der Waals surface area (Å²) in [4.78, 5) is 11.4. The minimum Gasteiger partial charge on any atom is -0.357 e. The van der Waals surface area contributed by atoms with Gasteiger partial charge in [0.1, 0.15) is 5.15 Å². The molecule has 0 amide bonds. The fourth-order valence-corrected chi connectivity index (χ4v) is 2.88. The van der Waals surface area contributed by atoms with E-state index in [9.17, 15) is 0 Å². The summed E-state index contributed by atoms with van der Waals surface area (Å²) >= 11 is 5.81. The molecule has 1 aromatic rings. The standard InChI is InChI=1S/C18H30ClN5/c1-4-20-18(21-10-9-15-5-8-17(19)23-13-15)22-11-12-24(14(2)3)16-6-7-16/h5,8,13-14,16H,4,6-7,9-12H2,1-3H3,(H2,20,21,22). The van der Waals surface area contributed by atoms with Gasteiger partial charge < -0.3 is 10.6 Å². The van der Waals surface area contributed by atoms with Crippen LogP contribution in [-0.2, 0) is 6.42 Å². The summed E-state index contributed by atoms with van der Waals surface area (Å²) < 4.78 is 0. The Labute approximate surface area is 150 Å². The highest BCUT2D eigenvalue weighted by molar-refractivity contribution is 6.29. The van der Waals surface area contributed by atoms with Crippen LogP contribution in [0.4, 0.5) is 0 Å². The Morgan fingerprint density at radius 3 is 2.75 bits per heavy atom. The molecule has 0 radical (unpaired) electrons. The molecule has 6 heteroatoms. The molecule has 5 nitrogen and oxygen atoms in total. The maximum absolute atomic E-state index is 5.81. The van der Waals surface area contributed by atoms with Gasteiger partial charge in [-0.3, -0.25) is 9.89 Å². The molecule has 1 fully saturated rings. The van der Waals surface area contributed by atoms with Gasteiger partial charge in [-0.05, 0) is 51.7 Å². The summed E-state index contributed by atoms with van der Waals surface area (Å²) in [6.45, 7) is 10.2. The van der Waals surface area contributed by atoms with Crippen molar-refractivity contribution in [2.75, 3.05) is 26.2 Å². The zero-order valence-electron chi connectivity index (χ0n) is 15.1. The van der Waals surface area contributed by atoms with E-state index in [0.717, 1.165) is 44.6 Å². The van der Waals surface area contributed by atoms with Crippen molar-refractivity contribution < 1.29 is 0 Å². The number of hydrogen-bond acceptors (Lipinski definition) is 3. The quantitative estimate of drug-likeness (QED) is 0.408. The zero-order valence-corrected chi connectivity index (χ0v) is 15.8. The maximum atomic E-state index is 5.81. The van der Waals surface area contributed by atoms with E-state index in [1.807, 2.05) is 18.3 Å². The highest BCUT2D eigenvalue weighted by atomic mass is 35.5. The molecule has 0 atom stereocenters. The molecule has 1 aliphatic carbocycles. The lowest BCUT2D eigenvalue weighted by Gasteiger charge is -2.25. The first kappa shape index (κ1) is 19.0. The number of hydrogen-bond donors (Lipinski definition) is 2. The molecule has 0 bridgehead atoms. The molecule has 0 aromatic carbocycles. The number of pyridine rings is 1. The zero-order chi connectivity index (χ0) is 17.4. The van der Waals surface area contributed by atoms with E-state index in [0.29, 0.717) is 11.2 Å². The molecular formula is C18H30ClN5. The van der Waals surface area contributed by atoms with Gasteiger partial charge in [0.05, 0.1) is 6.54 Å². The smallest absolute Gasteiger partial charge is 0.191 e. The molecule has 24 heavy (non-hydrogen) atoms. The van der Waals surface area contributed by atoms with Crippen LogP contribution in [0.1, 0.15) is 39.2 Å². The summed E-state index contributed by atoms with van der Waals surface area (Å²) in [5.41, 5.74) is 1.17. The third-order valence-corrected chi connectivity index (χ3v) is 4.37. The third-order valence-electron chi connectivity index (χ3n) is 4.15. The first-order valence-corrected chi connectivity index (χ1v) is 9.36. The number of aliphatic imine (C=N–C) groups is 1. The van der Waals surface area contributed by atoms with Crippen LogP contribution in [0.3, 0.4) is 0 Å². The molecule has 2 rings (SSSR count). The number of rotatable bonds is 9. The van der Waals surface area contributed by atoms with Gasteiger partial charge in [0.2, 0.25) is 0 Å². The van der Waals surface area contributed by atoms with Gasteiger partial charge in [0, 0.05) is 37.9 Å². The molecule has 0 saturated heterocycles. The van der Waals surface area contributed by atoms with E-state index in [1.54, 1.807) is 0 Å². The Balaban J connectivity index is 1.76. The summed E-state index contributed by atoms with van der Waals surface area (Å²) in [7, 11) is 0. The highest BCUT2D eigenvalue weighted by Crippen LogP contribution is 2.28. The van der Waals surface area contributed by atoms with E-state index in [4.69, 9.17) is 16.6 Å². The van der Waals surface area contributed by atoms with Crippen molar-refractivity contribution in [1.29, 1.82) is 0 Å². The average Bonchev–Trinajstić information content (AvgIpc) is 3.37. The molecule has 134 valence electrons. The average molecular weight is 352 g/mol. The second-order valence-electron chi connectivity index (χ2n) is 6.49. The lowest BCUT2D eigenvalue weighted by molar-refractivity contribution is 0.218. The van der Waals surface area contributed by atoms with Gasteiger partial charge in [0.15, 0.2) is 5.96 Å². The molecule has 2 N–H and O–H groups in total. The van der Waals surface area contributed by atoms with Crippen molar-refractivity contribution in [3.8, 4) is 0 Å². The van der Waals surface area contributed by atoms with Gasteiger partial charge in [-0.1, -0.05) is 17.7 Å². The van der Waals surface area contributed by atoms with Crippen molar-refractivity contribution in [1.82, 2.24) is 20.5 Å². The fourth-order valence-electron chi connectivity index (χ4n) is 2.77. The first-order valence-electron chi connectivity index (χ1n) is 8.98. The SMILES string of the molecule is CCNC(=NCCN(C(C)C)C1CC1)NCCc1ccc(Cl)nc1. The van der Waals surface area contributed by atoms with E-state index in [-0.39, 0.29) is 0 Å². The van der Waals surface area contributed by atoms with E-state index in [1.165, 1.54) is 18.4 Å². The Morgan fingerprint density at radius 1 is 1.38 bits per heavy atom. The van der Waals surface area contributed by atoms with Crippen LogP contribution in [0.15, 0.2) is 23.3 Å². The molecule has 0 unspecified atom stereocenters. The lowest BCUT2D eigenvalue weighted by atomic mass is 10.2. The lowest BCUT2D eigenvalue weighted by Crippen LogP contribution is -2.40. The van der Waals surface area contributed by atoms with E-state index < -0.39 is 0 Å².